The van der Waals surface area contributed by atoms with E-state index in [1.54, 1.807) is 12.1 Å². The molecular weight excluding hydrogens is 401 g/mol. The van der Waals surface area contributed by atoms with Crippen LogP contribution in [0.5, 0.6) is 0 Å². The predicted molar refractivity (Wildman–Crippen MR) is 127 cm³/mol. The van der Waals surface area contributed by atoms with Crippen molar-refractivity contribution in [3.63, 3.8) is 0 Å². The van der Waals surface area contributed by atoms with Crippen LogP contribution in [0.2, 0.25) is 0 Å². The molecule has 0 saturated carbocycles. The van der Waals surface area contributed by atoms with Gasteiger partial charge in [-0.3, -0.25) is 5.10 Å². The molecule has 0 atom stereocenters. The molecule has 0 radical (unpaired) electrons. The van der Waals surface area contributed by atoms with Gasteiger partial charge in [-0.2, -0.15) is 5.10 Å². The molecule has 0 amide bonds. The normalized spacial score (nSPS) is 11.5. The molecule has 4 N–H and O–H groups in total. The van der Waals surface area contributed by atoms with Crippen molar-refractivity contribution < 1.29 is 4.39 Å². The molecule has 32 heavy (non-hydrogen) atoms. The van der Waals surface area contributed by atoms with Gasteiger partial charge in [0.1, 0.15) is 11.5 Å². The first-order valence-electron chi connectivity index (χ1n) is 10.7. The Bertz CT molecular complexity index is 1400. The Morgan fingerprint density at radius 1 is 0.969 bits per heavy atom. The minimum atomic E-state index is -0.300. The van der Waals surface area contributed by atoms with Gasteiger partial charge in [-0.25, -0.2) is 9.37 Å². The Hall–Kier alpha value is -3.93. The zero-order valence-electron chi connectivity index (χ0n) is 18.0. The maximum atomic E-state index is 14.8. The molecule has 0 spiro atoms. The van der Waals surface area contributed by atoms with Crippen molar-refractivity contribution in [1.82, 2.24) is 20.2 Å². The number of benzene rings is 3. The minimum absolute atomic E-state index is 0.300. The molecule has 5 rings (SSSR count). The standard InChI is InChI=1S/C26H24FN5/c1-15(2)12-18-13-17(14-21-23(18)30-26(28)29-21)22-24(16-8-4-3-5-9-16)31-32-25(22)19-10-6-7-11-20(19)27/h3-11,13-15H,12H2,1-2H3,(H,31,32)(H3,28,29,30). The van der Waals surface area contributed by atoms with E-state index in [0.717, 1.165) is 45.4 Å². The fourth-order valence-electron chi connectivity index (χ4n) is 4.23. The van der Waals surface area contributed by atoms with Gasteiger partial charge in [0.2, 0.25) is 0 Å². The molecule has 3 aromatic carbocycles. The molecule has 2 heterocycles. The highest BCUT2D eigenvalue weighted by atomic mass is 19.1. The van der Waals surface area contributed by atoms with Crippen LogP contribution in [0.15, 0.2) is 66.7 Å². The van der Waals surface area contributed by atoms with E-state index in [1.807, 2.05) is 42.5 Å². The lowest BCUT2D eigenvalue weighted by Gasteiger charge is -2.12. The first-order valence-corrected chi connectivity index (χ1v) is 10.7. The highest BCUT2D eigenvalue weighted by molar-refractivity contribution is 5.95. The van der Waals surface area contributed by atoms with E-state index in [4.69, 9.17) is 5.73 Å². The number of aromatic amines is 2. The van der Waals surface area contributed by atoms with Crippen LogP contribution in [0.3, 0.4) is 0 Å². The summed E-state index contributed by atoms with van der Waals surface area (Å²) in [6.45, 7) is 4.35. The van der Waals surface area contributed by atoms with E-state index in [1.165, 1.54) is 6.07 Å². The summed E-state index contributed by atoms with van der Waals surface area (Å²) in [5, 5.41) is 7.72. The first-order chi connectivity index (χ1) is 15.5. The predicted octanol–water partition coefficient (Wildman–Crippen LogP) is 6.21. The number of nitrogen functional groups attached to an aromatic ring is 1. The third-order valence-corrected chi connectivity index (χ3v) is 5.56. The Morgan fingerprint density at radius 3 is 2.47 bits per heavy atom. The van der Waals surface area contributed by atoms with Crippen molar-refractivity contribution in [3.05, 3.63) is 78.1 Å². The van der Waals surface area contributed by atoms with Gasteiger partial charge >= 0.3 is 0 Å². The largest absolute Gasteiger partial charge is 0.369 e. The lowest BCUT2D eigenvalue weighted by Crippen LogP contribution is -1.97. The summed E-state index contributed by atoms with van der Waals surface area (Å²) >= 11 is 0. The van der Waals surface area contributed by atoms with Crippen LogP contribution in [-0.2, 0) is 6.42 Å². The monoisotopic (exact) mass is 425 g/mol. The number of aromatic nitrogens is 4. The summed E-state index contributed by atoms with van der Waals surface area (Å²) in [4.78, 5) is 7.67. The van der Waals surface area contributed by atoms with Crippen LogP contribution in [0.4, 0.5) is 10.3 Å². The summed E-state index contributed by atoms with van der Waals surface area (Å²) in [7, 11) is 0. The number of rotatable bonds is 5. The topological polar surface area (TPSA) is 83.4 Å². The fourth-order valence-corrected chi connectivity index (χ4v) is 4.23. The number of imidazole rings is 1. The molecule has 0 unspecified atom stereocenters. The first kappa shape index (κ1) is 20.0. The number of nitrogens with zero attached hydrogens (tertiary/aromatic N) is 2. The van der Waals surface area contributed by atoms with Crippen LogP contribution in [0.25, 0.3) is 44.7 Å². The number of nitrogens with one attached hydrogen (secondary N) is 2. The summed E-state index contributed by atoms with van der Waals surface area (Å²) in [6, 6.07) is 20.8. The molecule has 160 valence electrons. The molecule has 6 heteroatoms. The van der Waals surface area contributed by atoms with Crippen molar-refractivity contribution in [1.29, 1.82) is 0 Å². The van der Waals surface area contributed by atoms with E-state index < -0.39 is 0 Å². The second kappa shape index (κ2) is 7.96. The van der Waals surface area contributed by atoms with E-state index in [9.17, 15) is 4.39 Å². The summed E-state index contributed by atoms with van der Waals surface area (Å²) < 4.78 is 14.8. The third kappa shape index (κ3) is 3.54. The van der Waals surface area contributed by atoms with Gasteiger partial charge in [-0.1, -0.05) is 56.3 Å². The van der Waals surface area contributed by atoms with Crippen LogP contribution >= 0.6 is 0 Å². The van der Waals surface area contributed by atoms with Gasteiger partial charge in [0.05, 0.1) is 16.7 Å². The average molecular weight is 426 g/mol. The lowest BCUT2D eigenvalue weighted by atomic mass is 9.92. The van der Waals surface area contributed by atoms with Gasteiger partial charge in [0.25, 0.3) is 0 Å². The zero-order chi connectivity index (χ0) is 22.2. The maximum Gasteiger partial charge on any atom is 0.198 e. The van der Waals surface area contributed by atoms with Crippen molar-refractivity contribution in [2.75, 3.05) is 5.73 Å². The van der Waals surface area contributed by atoms with Crippen molar-refractivity contribution in [2.24, 2.45) is 5.92 Å². The number of halogens is 1. The van der Waals surface area contributed by atoms with Crippen molar-refractivity contribution in [2.45, 2.75) is 20.3 Å². The van der Waals surface area contributed by atoms with Crippen LogP contribution in [-0.4, -0.2) is 20.2 Å². The molecule has 5 nitrogen and oxygen atoms in total. The van der Waals surface area contributed by atoms with Crippen LogP contribution in [0, 0.1) is 11.7 Å². The SMILES string of the molecule is CC(C)Cc1cc(-c2c(-c3ccccc3)n[nH]c2-c2ccccc2F)cc2[nH]c(N)nc12. The number of hydrogen-bond acceptors (Lipinski definition) is 3. The molecule has 0 saturated heterocycles. The fraction of sp³-hybridized carbons (Fsp3) is 0.154. The van der Waals surface area contributed by atoms with Crippen LogP contribution in [0.1, 0.15) is 19.4 Å². The number of nitrogens with two attached hydrogens (primary N) is 1. The average Bonchev–Trinajstić information content (AvgIpc) is 3.37. The molecule has 2 aromatic heterocycles. The molecule has 0 aliphatic rings. The van der Waals surface area contributed by atoms with Gasteiger partial charge in [-0.05, 0) is 47.7 Å². The van der Waals surface area contributed by atoms with E-state index in [-0.39, 0.29) is 5.82 Å². The number of hydrogen-bond donors (Lipinski definition) is 3. The summed E-state index contributed by atoms with van der Waals surface area (Å²) in [5.74, 6) is 0.522. The summed E-state index contributed by atoms with van der Waals surface area (Å²) in [6.07, 6.45) is 0.849. The smallest absolute Gasteiger partial charge is 0.198 e. The van der Waals surface area contributed by atoms with Gasteiger partial charge in [0.15, 0.2) is 5.95 Å². The minimum Gasteiger partial charge on any atom is -0.369 e. The van der Waals surface area contributed by atoms with Gasteiger partial charge in [-0.15, -0.1) is 0 Å². The van der Waals surface area contributed by atoms with Crippen molar-refractivity contribution >= 4 is 17.0 Å². The number of fused-ring (bicyclic) bond motifs is 1. The zero-order valence-corrected chi connectivity index (χ0v) is 18.0. The molecule has 0 bridgehead atoms. The van der Waals surface area contributed by atoms with Crippen molar-refractivity contribution in [3.8, 4) is 33.6 Å². The molecule has 0 aliphatic carbocycles. The number of H-pyrrole nitrogens is 2. The van der Waals surface area contributed by atoms with E-state index in [2.05, 4.69) is 40.1 Å². The Kier molecular flexibility index (Phi) is 4.98. The van der Waals surface area contributed by atoms with Gasteiger partial charge in [0, 0.05) is 16.7 Å². The second-order valence-corrected chi connectivity index (χ2v) is 8.42. The molecule has 0 aliphatic heterocycles. The lowest BCUT2D eigenvalue weighted by molar-refractivity contribution is 0.630. The summed E-state index contributed by atoms with van der Waals surface area (Å²) in [5.41, 5.74) is 13.4. The Balaban J connectivity index is 1.81. The van der Waals surface area contributed by atoms with E-state index in [0.29, 0.717) is 23.1 Å². The highest BCUT2D eigenvalue weighted by Gasteiger charge is 2.22. The van der Waals surface area contributed by atoms with Gasteiger partial charge < -0.3 is 10.7 Å². The quantitative estimate of drug-likeness (QED) is 0.313. The molecular formula is C26H24FN5. The Labute approximate surface area is 185 Å². The van der Waals surface area contributed by atoms with Crippen LogP contribution < -0.4 is 5.73 Å². The maximum absolute atomic E-state index is 14.8. The molecule has 5 aromatic rings. The molecule has 0 fully saturated rings. The number of anilines is 1. The second-order valence-electron chi connectivity index (χ2n) is 8.42. The third-order valence-electron chi connectivity index (χ3n) is 5.56. The van der Waals surface area contributed by atoms with E-state index >= 15 is 0 Å². The highest BCUT2D eigenvalue weighted by Crippen LogP contribution is 2.40. The Morgan fingerprint density at radius 2 is 1.72 bits per heavy atom.